The highest BCUT2D eigenvalue weighted by Gasteiger charge is 2.59. The van der Waals surface area contributed by atoms with Crippen LogP contribution in [0.15, 0.2) is 179 Å². The fraction of sp³-hybridized carbons (Fsp3) is 0.281. The Bertz CT molecular complexity index is 3110. The summed E-state index contributed by atoms with van der Waals surface area (Å²) in [5.41, 5.74) is 20.6. The van der Waals surface area contributed by atoms with Crippen LogP contribution in [0.3, 0.4) is 0 Å². The Morgan fingerprint density at radius 2 is 0.985 bits per heavy atom. The van der Waals surface area contributed by atoms with E-state index >= 15 is 0 Å². The highest BCUT2D eigenvalue weighted by Crippen LogP contribution is 2.54. The summed E-state index contributed by atoms with van der Waals surface area (Å²) in [6.07, 6.45) is 8.80. The quantitative estimate of drug-likeness (QED) is 0.127. The van der Waals surface area contributed by atoms with Gasteiger partial charge in [0.15, 0.2) is 24.0 Å². The molecule has 0 amide bonds. The summed E-state index contributed by atoms with van der Waals surface area (Å²) in [6.45, 7) is 21.1. The van der Waals surface area contributed by atoms with Crippen LogP contribution in [-0.2, 0) is 21.8 Å². The van der Waals surface area contributed by atoms with Crippen molar-refractivity contribution in [3.8, 4) is 67.0 Å². The second kappa shape index (κ2) is 17.5. The zero-order chi connectivity index (χ0) is 47.8. The molecule has 0 spiro atoms. The minimum Gasteiger partial charge on any atom is -0.192 e. The number of nitrogens with zero attached hydrogens (tertiary/aromatic N) is 2. The van der Waals surface area contributed by atoms with Crippen molar-refractivity contribution in [1.29, 1.82) is 0 Å². The number of fused-ring (bicyclic) bond motifs is 6. The minimum atomic E-state index is -0.154. The Hall–Kier alpha value is -5.42. The lowest BCUT2D eigenvalue weighted by atomic mass is 9.58. The van der Waals surface area contributed by atoms with Gasteiger partial charge in [-0.05, 0) is 146 Å². The normalized spacial score (nSPS) is 18.4. The molecule has 8 aromatic rings. The number of hydrogen-bond acceptors (Lipinski definition) is 0. The first-order valence-corrected chi connectivity index (χ1v) is 26.2. The van der Waals surface area contributed by atoms with Gasteiger partial charge in [0.2, 0.25) is 11.4 Å². The van der Waals surface area contributed by atoms with Crippen LogP contribution in [0.4, 0.5) is 0 Å². The predicted octanol–water partition coefficient (Wildman–Crippen LogP) is 17.6. The molecule has 4 heterocycles. The van der Waals surface area contributed by atoms with Crippen LogP contribution in [-0.4, -0.2) is 0 Å². The summed E-state index contributed by atoms with van der Waals surface area (Å²) in [7, 11) is 0. The number of pyridine rings is 2. The van der Waals surface area contributed by atoms with Crippen molar-refractivity contribution in [2.45, 2.75) is 116 Å². The van der Waals surface area contributed by atoms with Gasteiger partial charge in [-0.15, -0.1) is 0 Å². The summed E-state index contributed by atoms with van der Waals surface area (Å²) in [5, 5.41) is 0. The zero-order valence-electron chi connectivity index (χ0n) is 41.2. The van der Waals surface area contributed by atoms with Crippen LogP contribution < -0.4 is 9.13 Å². The first kappa shape index (κ1) is 46.3. The zero-order valence-corrected chi connectivity index (χ0v) is 44.4. The van der Waals surface area contributed by atoms with Crippen molar-refractivity contribution in [3.05, 3.63) is 201 Å². The molecule has 0 saturated carbocycles. The van der Waals surface area contributed by atoms with Gasteiger partial charge in [-0.25, -0.2) is 0 Å². The monoisotopic (exact) mass is 1020 g/mol. The number of benzene rings is 6. The van der Waals surface area contributed by atoms with E-state index in [1.807, 2.05) is 0 Å². The van der Waals surface area contributed by atoms with Gasteiger partial charge in [0.05, 0.1) is 16.5 Å². The van der Waals surface area contributed by atoms with Crippen LogP contribution in [0.2, 0.25) is 0 Å². The molecule has 10 rings (SSSR count). The second-order valence-electron chi connectivity index (χ2n) is 21.7. The number of hydrogen-bond donors (Lipinski definition) is 0. The maximum atomic E-state index is 3.73. The Morgan fingerprint density at radius 1 is 0.485 bits per heavy atom. The molecule has 0 N–H and O–H groups in total. The van der Waals surface area contributed by atoms with Gasteiger partial charge in [-0.2, -0.15) is 9.13 Å². The standard InChI is InChI=1S/C64H64Br2N2/c1-10-63(9)57-29-23-45(48-35-46(42-18-24-50(25-19-42)61(3,4)5)34-47(36-48)43-20-26-51(27-21-43)62(6,7)8)40-56(57)60-17-13-15-33-68(60)64(63,11-2)31-30-59-54-28-22-44(49-37-52(65)41-53(66)38-49)39-55(54)58-16-12-14-32-67(58)59/h12-29,32-41,59H,10-11,30-31H2,1-9H3/q+2. The minimum absolute atomic E-state index is 0.0932. The third-order valence-electron chi connectivity index (χ3n) is 15.9. The molecule has 3 unspecified atom stereocenters. The van der Waals surface area contributed by atoms with Crippen LogP contribution in [0.5, 0.6) is 0 Å². The van der Waals surface area contributed by atoms with E-state index in [-0.39, 0.29) is 27.8 Å². The van der Waals surface area contributed by atoms with Crippen molar-refractivity contribution < 1.29 is 9.13 Å². The molecule has 3 atom stereocenters. The molecule has 4 heteroatoms. The third kappa shape index (κ3) is 8.04. The van der Waals surface area contributed by atoms with Crippen LogP contribution in [0.25, 0.3) is 67.0 Å². The topological polar surface area (TPSA) is 7.76 Å². The summed E-state index contributed by atoms with van der Waals surface area (Å²) in [6, 6.07) is 60.5. The number of halogens is 2. The molecule has 2 nitrogen and oxygen atoms in total. The maximum absolute atomic E-state index is 3.73. The molecule has 2 aliphatic rings. The lowest BCUT2D eigenvalue weighted by Crippen LogP contribution is -2.69. The van der Waals surface area contributed by atoms with Crippen LogP contribution in [0.1, 0.15) is 116 Å². The Balaban J connectivity index is 1.05. The molecule has 2 aromatic heterocycles. The number of rotatable bonds is 9. The Kier molecular flexibility index (Phi) is 11.9. The lowest BCUT2D eigenvalue weighted by molar-refractivity contribution is -0.772. The van der Waals surface area contributed by atoms with E-state index in [0.29, 0.717) is 0 Å². The average Bonchev–Trinajstić information content (AvgIpc) is 3.65. The molecule has 6 aromatic carbocycles. The van der Waals surface area contributed by atoms with Gasteiger partial charge in [-0.1, -0.05) is 160 Å². The van der Waals surface area contributed by atoms with Crippen LogP contribution in [0, 0.1) is 0 Å². The second-order valence-corrected chi connectivity index (χ2v) is 23.6. The summed E-state index contributed by atoms with van der Waals surface area (Å²) < 4.78 is 7.37. The molecule has 342 valence electrons. The molecule has 0 aliphatic carbocycles. The molecule has 0 radical (unpaired) electrons. The largest absolute Gasteiger partial charge is 0.213 e. The van der Waals surface area contributed by atoms with Gasteiger partial charge >= 0.3 is 0 Å². The molecule has 0 fully saturated rings. The predicted molar refractivity (Wildman–Crippen MR) is 292 cm³/mol. The van der Waals surface area contributed by atoms with E-state index in [9.17, 15) is 0 Å². The molecule has 0 bridgehead atoms. The van der Waals surface area contributed by atoms with E-state index in [4.69, 9.17) is 0 Å². The Labute approximate surface area is 422 Å². The molecule has 0 saturated heterocycles. The highest BCUT2D eigenvalue weighted by atomic mass is 79.9. The Morgan fingerprint density at radius 3 is 1.54 bits per heavy atom. The van der Waals surface area contributed by atoms with Gasteiger partial charge in [-0.3, -0.25) is 0 Å². The molecule has 68 heavy (non-hydrogen) atoms. The average molecular weight is 1020 g/mol. The molecule has 2 aliphatic heterocycles. The van der Waals surface area contributed by atoms with E-state index < -0.39 is 0 Å². The SMILES string of the molecule is CCC1(C)c2ccc(-c3cc(-c4ccc(C(C)(C)C)cc4)cc(-c4ccc(C(C)(C)C)cc4)c3)cc2-c2cccc[n+]2C1(CC)CCC1c2ccc(-c3cc(Br)cc(Br)c3)cc2-c2cccc[n+]21. The van der Waals surface area contributed by atoms with Crippen molar-refractivity contribution in [2.24, 2.45) is 0 Å². The van der Waals surface area contributed by atoms with E-state index in [1.165, 1.54) is 89.3 Å². The highest BCUT2D eigenvalue weighted by molar-refractivity contribution is 9.11. The van der Waals surface area contributed by atoms with Crippen molar-refractivity contribution >= 4 is 31.9 Å². The first-order valence-electron chi connectivity index (χ1n) is 24.7. The summed E-state index contributed by atoms with van der Waals surface area (Å²) in [5.74, 6) is 0. The van der Waals surface area contributed by atoms with E-state index in [2.05, 4.69) is 273 Å². The lowest BCUT2D eigenvalue weighted by Gasteiger charge is -2.48. The number of aromatic nitrogens is 2. The van der Waals surface area contributed by atoms with Gasteiger partial charge in [0.25, 0.3) is 0 Å². The fourth-order valence-electron chi connectivity index (χ4n) is 11.8. The van der Waals surface area contributed by atoms with Crippen LogP contribution >= 0.6 is 31.9 Å². The summed E-state index contributed by atoms with van der Waals surface area (Å²) >= 11 is 7.45. The van der Waals surface area contributed by atoms with Crippen molar-refractivity contribution in [3.63, 3.8) is 0 Å². The smallest absolute Gasteiger partial charge is 0.192 e. The van der Waals surface area contributed by atoms with Gasteiger partial charge in [0.1, 0.15) is 0 Å². The van der Waals surface area contributed by atoms with Gasteiger partial charge < -0.3 is 0 Å². The third-order valence-corrected chi connectivity index (χ3v) is 16.8. The molecular weight excluding hydrogens is 957 g/mol. The van der Waals surface area contributed by atoms with Crippen molar-refractivity contribution in [2.75, 3.05) is 0 Å². The fourth-order valence-corrected chi connectivity index (χ4v) is 13.1. The maximum Gasteiger partial charge on any atom is 0.213 e. The molecular formula is C64H64Br2N2+2. The van der Waals surface area contributed by atoms with Gasteiger partial charge in [0, 0.05) is 58.0 Å². The first-order chi connectivity index (χ1) is 32.5. The van der Waals surface area contributed by atoms with Crippen molar-refractivity contribution in [1.82, 2.24) is 0 Å². The van der Waals surface area contributed by atoms with E-state index in [0.717, 1.165) is 34.6 Å². The summed E-state index contributed by atoms with van der Waals surface area (Å²) in [4.78, 5) is 0. The van der Waals surface area contributed by atoms with E-state index in [1.54, 1.807) is 0 Å².